The van der Waals surface area contributed by atoms with E-state index in [0.717, 1.165) is 0 Å². The van der Waals surface area contributed by atoms with Gasteiger partial charge in [-0.2, -0.15) is 0 Å². The molecule has 80 valence electrons. The fourth-order valence-electron chi connectivity index (χ4n) is 1.36. The second kappa shape index (κ2) is 4.29. The van der Waals surface area contributed by atoms with Crippen LogP contribution in [0.5, 0.6) is 5.75 Å². The average Bonchev–Trinajstić information content (AvgIpc) is 2.53. The maximum atomic E-state index is 11.1. The fraction of sp³-hybridized carbons (Fsp3) is 0.300. The summed E-state index contributed by atoms with van der Waals surface area (Å²) >= 11 is 11.6. The third kappa shape index (κ3) is 2.36. The first kappa shape index (κ1) is 10.6. The molecule has 0 radical (unpaired) electrons. The Morgan fingerprint density at radius 1 is 1.33 bits per heavy atom. The van der Waals surface area contributed by atoms with Gasteiger partial charge in [-0.15, -0.1) is 11.6 Å². The van der Waals surface area contributed by atoms with E-state index in [0.29, 0.717) is 17.3 Å². The zero-order chi connectivity index (χ0) is 10.8. The van der Waals surface area contributed by atoms with Gasteiger partial charge in [0.1, 0.15) is 11.9 Å². The van der Waals surface area contributed by atoms with Crippen molar-refractivity contribution in [3.63, 3.8) is 0 Å². The van der Waals surface area contributed by atoms with Gasteiger partial charge in [-0.25, -0.2) is 0 Å². The van der Waals surface area contributed by atoms with Crippen molar-refractivity contribution in [1.82, 2.24) is 5.32 Å². The highest BCUT2D eigenvalue weighted by Crippen LogP contribution is 2.20. The Balaban J connectivity index is 2.03. The molecule has 0 aromatic heterocycles. The number of hydrogen-bond acceptors (Lipinski definition) is 2. The number of carbonyl (C=O) groups excluding carboxylic acids is 1. The van der Waals surface area contributed by atoms with Crippen molar-refractivity contribution < 1.29 is 9.53 Å². The molecule has 1 fully saturated rings. The maximum absolute atomic E-state index is 11.1. The van der Waals surface area contributed by atoms with E-state index in [2.05, 4.69) is 5.32 Å². The van der Waals surface area contributed by atoms with Crippen LogP contribution in [0, 0.1) is 0 Å². The molecule has 0 spiro atoms. The molecule has 2 atom stereocenters. The Bertz CT molecular complexity index is 366. The highest BCUT2D eigenvalue weighted by Gasteiger charge is 2.34. The highest BCUT2D eigenvalue weighted by atomic mass is 35.5. The van der Waals surface area contributed by atoms with Crippen molar-refractivity contribution >= 4 is 29.1 Å². The smallest absolute Gasteiger partial charge is 0.242 e. The van der Waals surface area contributed by atoms with Crippen LogP contribution >= 0.6 is 23.2 Å². The number of halogens is 2. The summed E-state index contributed by atoms with van der Waals surface area (Å²) in [5.74, 6) is 0.474. The van der Waals surface area contributed by atoms with Crippen LogP contribution in [0.2, 0.25) is 5.02 Å². The van der Waals surface area contributed by atoms with E-state index in [1.165, 1.54) is 0 Å². The highest BCUT2D eigenvalue weighted by molar-refractivity contribution is 6.32. The van der Waals surface area contributed by atoms with Crippen molar-refractivity contribution in [2.45, 2.75) is 11.5 Å². The van der Waals surface area contributed by atoms with Crippen molar-refractivity contribution in [2.24, 2.45) is 0 Å². The van der Waals surface area contributed by atoms with Crippen LogP contribution in [0.4, 0.5) is 0 Å². The normalized spacial score (nSPS) is 25.1. The Labute approximate surface area is 97.3 Å². The molecule has 1 aliphatic heterocycles. The number of alkyl halides is 1. The SMILES string of the molecule is O=C1NCC(Oc2ccc(Cl)cc2)C1Cl. The van der Waals surface area contributed by atoms with Crippen LogP contribution in [0.15, 0.2) is 24.3 Å². The van der Waals surface area contributed by atoms with E-state index >= 15 is 0 Å². The summed E-state index contributed by atoms with van der Waals surface area (Å²) in [6.45, 7) is 0.440. The first-order valence-corrected chi connectivity index (χ1v) is 5.32. The summed E-state index contributed by atoms with van der Waals surface area (Å²) in [6, 6.07) is 6.94. The van der Waals surface area contributed by atoms with Crippen LogP contribution in [-0.2, 0) is 4.79 Å². The average molecular weight is 246 g/mol. The number of carbonyl (C=O) groups is 1. The predicted octanol–water partition coefficient (Wildman–Crippen LogP) is 1.82. The van der Waals surface area contributed by atoms with Gasteiger partial charge in [0.2, 0.25) is 5.91 Å². The monoisotopic (exact) mass is 245 g/mol. The summed E-state index contributed by atoms with van der Waals surface area (Å²) in [6.07, 6.45) is -0.319. The molecule has 2 unspecified atom stereocenters. The molecule has 5 heteroatoms. The summed E-state index contributed by atoms with van der Waals surface area (Å²) < 4.78 is 5.54. The second-order valence-electron chi connectivity index (χ2n) is 3.26. The largest absolute Gasteiger partial charge is 0.486 e. The van der Waals surface area contributed by atoms with E-state index in [1.807, 2.05) is 0 Å². The van der Waals surface area contributed by atoms with E-state index in [-0.39, 0.29) is 12.0 Å². The van der Waals surface area contributed by atoms with Crippen molar-refractivity contribution in [3.05, 3.63) is 29.3 Å². The third-order valence-electron chi connectivity index (χ3n) is 2.16. The molecule has 1 saturated heterocycles. The molecule has 2 rings (SSSR count). The van der Waals surface area contributed by atoms with Crippen LogP contribution in [0.1, 0.15) is 0 Å². The molecule has 1 aromatic rings. The van der Waals surface area contributed by atoms with Gasteiger partial charge in [-0.3, -0.25) is 4.79 Å². The van der Waals surface area contributed by atoms with E-state index < -0.39 is 5.38 Å². The Kier molecular flexibility index (Phi) is 3.03. The van der Waals surface area contributed by atoms with Crippen LogP contribution in [-0.4, -0.2) is 23.9 Å². The summed E-state index contributed by atoms with van der Waals surface area (Å²) in [5.41, 5.74) is 0. The van der Waals surface area contributed by atoms with Gasteiger partial charge in [0.05, 0.1) is 6.54 Å². The quantitative estimate of drug-likeness (QED) is 0.808. The predicted molar refractivity (Wildman–Crippen MR) is 58.5 cm³/mol. The Morgan fingerprint density at radius 3 is 2.53 bits per heavy atom. The molecular weight excluding hydrogens is 237 g/mol. The number of amides is 1. The number of benzene rings is 1. The maximum Gasteiger partial charge on any atom is 0.242 e. The van der Waals surface area contributed by atoms with Crippen molar-refractivity contribution in [3.8, 4) is 5.75 Å². The first-order chi connectivity index (χ1) is 7.16. The van der Waals surface area contributed by atoms with Gasteiger partial charge in [0, 0.05) is 5.02 Å². The number of nitrogens with one attached hydrogen (secondary N) is 1. The molecule has 0 bridgehead atoms. The third-order valence-corrected chi connectivity index (χ3v) is 2.89. The summed E-state index contributed by atoms with van der Waals surface area (Å²) in [4.78, 5) is 11.1. The lowest BCUT2D eigenvalue weighted by molar-refractivity contribution is -0.119. The molecule has 0 saturated carbocycles. The number of ether oxygens (including phenoxy) is 1. The van der Waals surface area contributed by atoms with Gasteiger partial charge < -0.3 is 10.1 Å². The zero-order valence-corrected chi connectivity index (χ0v) is 9.26. The molecule has 1 amide bonds. The molecule has 15 heavy (non-hydrogen) atoms. The Hall–Kier alpha value is -0.930. The fourth-order valence-corrected chi connectivity index (χ4v) is 1.70. The second-order valence-corrected chi connectivity index (χ2v) is 4.16. The van der Waals surface area contributed by atoms with E-state index in [1.54, 1.807) is 24.3 Å². The first-order valence-electron chi connectivity index (χ1n) is 4.51. The summed E-state index contributed by atoms with van der Waals surface area (Å²) in [7, 11) is 0. The number of hydrogen-bond donors (Lipinski definition) is 1. The lowest BCUT2D eigenvalue weighted by Crippen LogP contribution is -2.27. The van der Waals surface area contributed by atoms with Crippen molar-refractivity contribution in [2.75, 3.05) is 6.54 Å². The molecule has 1 aliphatic rings. The molecule has 1 N–H and O–H groups in total. The van der Waals surface area contributed by atoms with Gasteiger partial charge in [-0.05, 0) is 24.3 Å². The molecule has 1 heterocycles. The standard InChI is InChI=1S/C10H9Cl2NO2/c11-6-1-3-7(4-2-6)15-8-5-13-10(14)9(8)12/h1-4,8-9H,5H2,(H,13,14). The molecular formula is C10H9Cl2NO2. The lowest BCUT2D eigenvalue weighted by atomic mass is 10.3. The topological polar surface area (TPSA) is 38.3 Å². The van der Waals surface area contributed by atoms with Gasteiger partial charge in [-0.1, -0.05) is 11.6 Å². The van der Waals surface area contributed by atoms with Crippen LogP contribution < -0.4 is 10.1 Å². The van der Waals surface area contributed by atoms with Gasteiger partial charge in [0.15, 0.2) is 5.38 Å². The minimum Gasteiger partial charge on any atom is -0.486 e. The van der Waals surface area contributed by atoms with E-state index in [9.17, 15) is 4.79 Å². The molecule has 3 nitrogen and oxygen atoms in total. The van der Waals surface area contributed by atoms with Crippen LogP contribution in [0.25, 0.3) is 0 Å². The minimum absolute atomic E-state index is 0.185. The van der Waals surface area contributed by atoms with Crippen LogP contribution in [0.3, 0.4) is 0 Å². The number of rotatable bonds is 2. The minimum atomic E-state index is -0.624. The summed E-state index contributed by atoms with van der Waals surface area (Å²) in [5, 5.41) is 2.65. The van der Waals surface area contributed by atoms with Gasteiger partial charge in [0.25, 0.3) is 0 Å². The Morgan fingerprint density at radius 2 is 2.00 bits per heavy atom. The zero-order valence-electron chi connectivity index (χ0n) is 7.74. The van der Waals surface area contributed by atoms with Gasteiger partial charge >= 0.3 is 0 Å². The van der Waals surface area contributed by atoms with E-state index in [4.69, 9.17) is 27.9 Å². The lowest BCUT2D eigenvalue weighted by Gasteiger charge is -2.14. The molecule has 1 aromatic carbocycles. The van der Waals surface area contributed by atoms with Crippen molar-refractivity contribution in [1.29, 1.82) is 0 Å². The molecule has 0 aliphatic carbocycles.